The quantitative estimate of drug-likeness (QED) is 0.0599. The summed E-state index contributed by atoms with van der Waals surface area (Å²) in [4.78, 5) is 61.9. The summed E-state index contributed by atoms with van der Waals surface area (Å²) in [5.74, 6) is -1.51. The molecule has 0 saturated heterocycles. The van der Waals surface area contributed by atoms with Gasteiger partial charge in [0, 0.05) is 46.6 Å². The Bertz CT molecular complexity index is 1760. The minimum absolute atomic E-state index is 0.0731. The molecule has 4 amide bonds. The average Bonchev–Trinajstić information content (AvgIpc) is 3.04. The van der Waals surface area contributed by atoms with Crippen LogP contribution in [0.4, 0.5) is 22.7 Å². The Morgan fingerprint density at radius 1 is 0.804 bits per heavy atom. The zero-order valence-electron chi connectivity index (χ0n) is 25.0. The number of benzene rings is 4. The van der Waals surface area contributed by atoms with Crippen LogP contribution < -0.4 is 21.3 Å². The lowest BCUT2D eigenvalue weighted by molar-refractivity contribution is -0.384. The Kier molecular flexibility index (Phi) is 11.4. The van der Waals surface area contributed by atoms with Crippen molar-refractivity contribution in [1.29, 1.82) is 0 Å². The molecule has 11 nitrogen and oxygen atoms in total. The molecular weight excluding hydrogens is 606 g/mol. The van der Waals surface area contributed by atoms with Crippen molar-refractivity contribution in [1.82, 2.24) is 5.32 Å². The third-order valence-electron chi connectivity index (χ3n) is 6.45. The molecule has 0 aliphatic heterocycles. The number of nitrogens with one attached hydrogen (secondary N) is 4. The second-order valence-electron chi connectivity index (χ2n) is 9.97. The van der Waals surface area contributed by atoms with Crippen molar-refractivity contribution in [3.8, 4) is 0 Å². The molecule has 46 heavy (non-hydrogen) atoms. The zero-order valence-corrected chi connectivity index (χ0v) is 25.8. The van der Waals surface area contributed by atoms with Gasteiger partial charge in [0.15, 0.2) is 0 Å². The number of non-ortho nitro benzene ring substituents is 1. The van der Waals surface area contributed by atoms with Gasteiger partial charge in [-0.1, -0.05) is 31.2 Å². The molecule has 0 bridgehead atoms. The van der Waals surface area contributed by atoms with Gasteiger partial charge in [-0.05, 0) is 84.8 Å². The topological polar surface area (TPSA) is 160 Å². The number of hydrogen-bond donors (Lipinski definition) is 4. The molecule has 1 atom stereocenters. The summed E-state index contributed by atoms with van der Waals surface area (Å²) in [5.41, 5.74) is 2.27. The molecule has 1 unspecified atom stereocenters. The van der Waals surface area contributed by atoms with Gasteiger partial charge < -0.3 is 21.3 Å². The van der Waals surface area contributed by atoms with Crippen molar-refractivity contribution in [2.45, 2.75) is 30.4 Å². The second-order valence-corrected chi connectivity index (χ2v) is 11.2. The highest BCUT2D eigenvalue weighted by molar-refractivity contribution is 8.00. The monoisotopic (exact) mass is 637 g/mol. The Labute approximate surface area is 269 Å². The van der Waals surface area contributed by atoms with Gasteiger partial charge in [0.05, 0.1) is 10.2 Å². The molecule has 0 spiro atoms. The lowest BCUT2D eigenvalue weighted by Gasteiger charge is -2.16. The van der Waals surface area contributed by atoms with E-state index in [4.69, 9.17) is 0 Å². The average molecular weight is 638 g/mol. The van der Waals surface area contributed by atoms with Gasteiger partial charge in [-0.15, -0.1) is 11.8 Å². The van der Waals surface area contributed by atoms with E-state index in [2.05, 4.69) is 21.3 Å². The van der Waals surface area contributed by atoms with Crippen molar-refractivity contribution in [2.75, 3.05) is 16.0 Å². The fraction of sp³-hybridized carbons (Fsp3) is 0.118. The molecule has 0 aromatic heterocycles. The summed E-state index contributed by atoms with van der Waals surface area (Å²) >= 11 is 1.33. The molecule has 0 aliphatic carbocycles. The maximum Gasteiger partial charge on any atom is 0.272 e. The molecular formula is C34H31N5O6S. The first-order valence-electron chi connectivity index (χ1n) is 14.2. The zero-order chi connectivity index (χ0) is 33.1. The number of carbonyl (C=O) groups excluding carboxylic acids is 4. The van der Waals surface area contributed by atoms with Crippen molar-refractivity contribution >= 4 is 64.2 Å². The summed E-state index contributed by atoms with van der Waals surface area (Å²) < 4.78 is 0. The van der Waals surface area contributed by atoms with Gasteiger partial charge in [-0.25, -0.2) is 0 Å². The number of nitrogens with zero attached hydrogens (tertiary/aromatic N) is 1. The molecule has 4 N–H and O–H groups in total. The van der Waals surface area contributed by atoms with Crippen LogP contribution in [0.5, 0.6) is 0 Å². The molecule has 12 heteroatoms. The van der Waals surface area contributed by atoms with Gasteiger partial charge in [0.25, 0.3) is 17.5 Å². The lowest BCUT2D eigenvalue weighted by atomic mass is 10.1. The van der Waals surface area contributed by atoms with E-state index in [-0.39, 0.29) is 23.2 Å². The summed E-state index contributed by atoms with van der Waals surface area (Å²) in [6, 6.07) is 27.7. The molecule has 0 aliphatic rings. The molecule has 4 aromatic rings. The second kappa shape index (κ2) is 15.8. The van der Waals surface area contributed by atoms with Crippen LogP contribution in [0.3, 0.4) is 0 Å². The maximum absolute atomic E-state index is 13.4. The third-order valence-corrected chi connectivity index (χ3v) is 7.81. The smallest absolute Gasteiger partial charge is 0.272 e. The standard InChI is InChI=1S/C34H31N5O6S/c1-3-31(34(43)36-26-16-14-25(15-17-26)35-22(2)40)46-29-11-7-10-27(21-29)37-33(42)30(38-32(41)24-8-5-4-6-9-24)20-23-12-18-28(19-13-23)39(44)45/h4-21,31H,3H2,1-2H3,(H,35,40)(H,36,43)(H,37,42)(H,38,41)/b30-20+. The van der Waals surface area contributed by atoms with Crippen LogP contribution in [-0.4, -0.2) is 33.8 Å². The Hall–Kier alpha value is -5.75. The predicted molar refractivity (Wildman–Crippen MR) is 179 cm³/mol. The van der Waals surface area contributed by atoms with E-state index in [0.717, 1.165) is 4.90 Å². The van der Waals surface area contributed by atoms with E-state index in [1.807, 2.05) is 13.0 Å². The first-order valence-corrected chi connectivity index (χ1v) is 15.1. The van der Waals surface area contributed by atoms with Gasteiger partial charge in [0.2, 0.25) is 11.8 Å². The van der Waals surface area contributed by atoms with Crippen LogP contribution in [-0.2, 0) is 14.4 Å². The summed E-state index contributed by atoms with van der Waals surface area (Å²) in [7, 11) is 0. The number of anilines is 3. The highest BCUT2D eigenvalue weighted by Crippen LogP contribution is 2.29. The van der Waals surface area contributed by atoms with Crippen LogP contribution in [0, 0.1) is 10.1 Å². The van der Waals surface area contributed by atoms with Gasteiger partial charge >= 0.3 is 0 Å². The normalized spacial score (nSPS) is 11.6. The molecule has 4 aromatic carbocycles. The Morgan fingerprint density at radius 2 is 1.46 bits per heavy atom. The van der Waals surface area contributed by atoms with Gasteiger partial charge in [0.1, 0.15) is 5.70 Å². The minimum atomic E-state index is -0.614. The van der Waals surface area contributed by atoms with E-state index in [1.54, 1.807) is 72.8 Å². The number of hydrogen-bond acceptors (Lipinski definition) is 7. The number of rotatable bonds is 12. The summed E-state index contributed by atoms with van der Waals surface area (Å²) in [6.07, 6.45) is 1.96. The van der Waals surface area contributed by atoms with Crippen LogP contribution in [0.1, 0.15) is 36.2 Å². The van der Waals surface area contributed by atoms with Crippen LogP contribution >= 0.6 is 11.8 Å². The molecule has 0 saturated carbocycles. The van der Waals surface area contributed by atoms with Crippen LogP contribution in [0.25, 0.3) is 6.08 Å². The largest absolute Gasteiger partial charge is 0.326 e. The SMILES string of the molecule is CCC(Sc1cccc(NC(=O)/C(=C\c2ccc([N+](=O)[O-])cc2)NC(=O)c2ccccc2)c1)C(=O)Nc1ccc(NC(C)=O)cc1. The molecule has 0 heterocycles. The first kappa shape index (κ1) is 33.1. The molecule has 0 fully saturated rings. The van der Waals surface area contributed by atoms with E-state index >= 15 is 0 Å². The number of thioether (sulfide) groups is 1. The maximum atomic E-state index is 13.4. The predicted octanol–water partition coefficient (Wildman–Crippen LogP) is 6.47. The van der Waals surface area contributed by atoms with Crippen molar-refractivity contribution in [2.24, 2.45) is 0 Å². The number of nitro groups is 1. The van der Waals surface area contributed by atoms with Gasteiger partial charge in [-0.3, -0.25) is 29.3 Å². The fourth-order valence-corrected chi connectivity index (χ4v) is 5.21. The van der Waals surface area contributed by atoms with Gasteiger partial charge in [-0.2, -0.15) is 0 Å². The number of carbonyl (C=O) groups is 4. The highest BCUT2D eigenvalue weighted by Gasteiger charge is 2.20. The van der Waals surface area contributed by atoms with Crippen LogP contribution in [0.15, 0.2) is 114 Å². The molecule has 234 valence electrons. The molecule has 0 radical (unpaired) electrons. The minimum Gasteiger partial charge on any atom is -0.326 e. The fourth-order valence-electron chi connectivity index (χ4n) is 4.20. The van der Waals surface area contributed by atoms with E-state index in [9.17, 15) is 29.3 Å². The third kappa shape index (κ3) is 9.63. The molecule has 4 rings (SSSR count). The lowest BCUT2D eigenvalue weighted by Crippen LogP contribution is -2.30. The van der Waals surface area contributed by atoms with Crippen molar-refractivity contribution in [3.05, 3.63) is 130 Å². The van der Waals surface area contributed by atoms with E-state index < -0.39 is 22.0 Å². The summed E-state index contributed by atoms with van der Waals surface area (Å²) in [6.45, 7) is 3.31. The van der Waals surface area contributed by atoms with Crippen LogP contribution in [0.2, 0.25) is 0 Å². The van der Waals surface area contributed by atoms with Crippen molar-refractivity contribution in [3.63, 3.8) is 0 Å². The van der Waals surface area contributed by atoms with Crippen molar-refractivity contribution < 1.29 is 24.1 Å². The Morgan fingerprint density at radius 3 is 2.07 bits per heavy atom. The number of nitro benzene ring substituents is 1. The van der Waals surface area contributed by atoms with E-state index in [1.165, 1.54) is 49.0 Å². The highest BCUT2D eigenvalue weighted by atomic mass is 32.2. The number of amides is 4. The Balaban J connectivity index is 1.48. The summed E-state index contributed by atoms with van der Waals surface area (Å²) in [5, 5.41) is 21.6. The van der Waals surface area contributed by atoms with E-state index in [0.29, 0.717) is 34.6 Å². The first-order chi connectivity index (χ1) is 22.1.